The third-order valence-electron chi connectivity index (χ3n) is 2.67. The molecule has 0 saturated heterocycles. The fraction of sp³-hybridized carbons (Fsp3) is 0.154. The van der Waals surface area contributed by atoms with E-state index in [4.69, 9.17) is 5.84 Å². The number of hydrogen-bond donors (Lipinski definition) is 2. The van der Waals surface area contributed by atoms with Crippen molar-refractivity contribution in [3.63, 3.8) is 0 Å². The maximum atomic E-state index is 12.8. The van der Waals surface area contributed by atoms with Gasteiger partial charge in [-0.05, 0) is 52.2 Å². The number of nitrogens with two attached hydrogens (primary N) is 1. The highest BCUT2D eigenvalue weighted by molar-refractivity contribution is 9.10. The van der Waals surface area contributed by atoms with E-state index in [9.17, 15) is 4.39 Å². The molecule has 1 heterocycles. The second kappa shape index (κ2) is 6.04. The third kappa shape index (κ3) is 3.13. The summed E-state index contributed by atoms with van der Waals surface area (Å²) in [4.78, 5) is 4.30. The van der Waals surface area contributed by atoms with Crippen molar-refractivity contribution in [1.29, 1.82) is 0 Å². The summed E-state index contributed by atoms with van der Waals surface area (Å²) in [6.45, 7) is 0. The molecule has 1 atom stereocenters. The molecular weight excluding hydrogens is 297 g/mol. The molecule has 0 spiro atoms. The highest BCUT2D eigenvalue weighted by Gasteiger charge is 2.14. The first-order valence-electron chi connectivity index (χ1n) is 5.51. The molecule has 3 nitrogen and oxygen atoms in total. The average molecular weight is 310 g/mol. The highest BCUT2D eigenvalue weighted by Crippen LogP contribution is 2.23. The van der Waals surface area contributed by atoms with Crippen LogP contribution in [0.3, 0.4) is 0 Å². The van der Waals surface area contributed by atoms with Crippen LogP contribution >= 0.6 is 15.9 Å². The minimum absolute atomic E-state index is 0.119. The van der Waals surface area contributed by atoms with Crippen LogP contribution in [0.2, 0.25) is 0 Å². The molecule has 2 aromatic rings. The van der Waals surface area contributed by atoms with Crippen LogP contribution in [0.25, 0.3) is 0 Å². The lowest BCUT2D eigenvalue weighted by Crippen LogP contribution is -2.30. The summed E-state index contributed by atoms with van der Waals surface area (Å²) in [6.07, 6.45) is 2.36. The zero-order valence-corrected chi connectivity index (χ0v) is 11.2. The summed E-state index contributed by atoms with van der Waals surface area (Å²) < 4.78 is 13.7. The Kier molecular flexibility index (Phi) is 4.41. The quantitative estimate of drug-likeness (QED) is 0.674. The van der Waals surface area contributed by atoms with Gasteiger partial charge in [0, 0.05) is 10.7 Å². The van der Waals surface area contributed by atoms with Crippen molar-refractivity contribution in [1.82, 2.24) is 10.4 Å². The van der Waals surface area contributed by atoms with Crippen molar-refractivity contribution in [2.75, 3.05) is 0 Å². The molecule has 0 fully saturated rings. The molecule has 1 unspecified atom stereocenters. The molecule has 0 amide bonds. The average Bonchev–Trinajstić information content (AvgIpc) is 2.39. The molecule has 2 rings (SSSR count). The van der Waals surface area contributed by atoms with E-state index in [1.165, 1.54) is 12.1 Å². The van der Waals surface area contributed by atoms with Crippen LogP contribution in [-0.4, -0.2) is 4.98 Å². The second-order valence-corrected chi connectivity index (χ2v) is 4.77. The molecule has 0 aliphatic heterocycles. The minimum atomic E-state index is -0.241. The lowest BCUT2D eigenvalue weighted by Gasteiger charge is -2.16. The minimum Gasteiger partial charge on any atom is -0.271 e. The number of nitrogens with one attached hydrogen (secondary N) is 1. The topological polar surface area (TPSA) is 50.9 Å². The predicted octanol–water partition coefficient (Wildman–Crippen LogP) is 2.73. The first-order valence-corrected chi connectivity index (χ1v) is 6.31. The molecule has 94 valence electrons. The zero-order chi connectivity index (χ0) is 13.0. The number of nitrogens with zero attached hydrogens (tertiary/aromatic N) is 1. The number of aromatic nitrogens is 1. The van der Waals surface area contributed by atoms with Crippen molar-refractivity contribution in [3.8, 4) is 0 Å². The standard InChI is InChI=1S/C13H13BrFN3/c14-11-2-1-7-17-13(11)12(18-16)8-9-3-5-10(15)6-4-9/h1-7,12,18H,8,16H2. The molecule has 0 radical (unpaired) electrons. The Bertz CT molecular complexity index is 516. The van der Waals surface area contributed by atoms with E-state index >= 15 is 0 Å². The predicted molar refractivity (Wildman–Crippen MR) is 72.1 cm³/mol. The van der Waals surface area contributed by atoms with Crippen molar-refractivity contribution < 1.29 is 4.39 Å². The molecule has 0 aliphatic rings. The van der Waals surface area contributed by atoms with Gasteiger partial charge in [0.15, 0.2) is 0 Å². The van der Waals surface area contributed by atoms with Gasteiger partial charge in [0.1, 0.15) is 5.82 Å². The molecule has 1 aromatic carbocycles. The Labute approximate surface area is 113 Å². The summed E-state index contributed by atoms with van der Waals surface area (Å²) in [5, 5.41) is 0. The van der Waals surface area contributed by atoms with Gasteiger partial charge in [-0.15, -0.1) is 0 Å². The van der Waals surface area contributed by atoms with Gasteiger partial charge in [0.2, 0.25) is 0 Å². The normalized spacial score (nSPS) is 12.4. The Hall–Kier alpha value is -1.30. The van der Waals surface area contributed by atoms with Gasteiger partial charge in [-0.25, -0.2) is 4.39 Å². The number of hydrazine groups is 1. The summed E-state index contributed by atoms with van der Waals surface area (Å²) in [7, 11) is 0. The molecule has 5 heteroatoms. The zero-order valence-electron chi connectivity index (χ0n) is 9.61. The molecule has 18 heavy (non-hydrogen) atoms. The molecule has 0 bridgehead atoms. The fourth-order valence-corrected chi connectivity index (χ4v) is 2.28. The molecular formula is C13H13BrFN3. The Morgan fingerprint density at radius 3 is 2.61 bits per heavy atom. The van der Waals surface area contributed by atoms with Crippen LogP contribution < -0.4 is 11.3 Å². The number of halogens is 2. The number of hydrogen-bond acceptors (Lipinski definition) is 3. The first-order chi connectivity index (χ1) is 8.70. The SMILES string of the molecule is NNC(Cc1ccc(F)cc1)c1ncccc1Br. The van der Waals surface area contributed by atoms with Crippen molar-refractivity contribution in [2.45, 2.75) is 12.5 Å². The summed E-state index contributed by atoms with van der Waals surface area (Å²) in [5.74, 6) is 5.33. The van der Waals surface area contributed by atoms with Gasteiger partial charge in [-0.3, -0.25) is 16.3 Å². The molecule has 1 aromatic heterocycles. The van der Waals surface area contributed by atoms with Gasteiger partial charge >= 0.3 is 0 Å². The van der Waals surface area contributed by atoms with Crippen LogP contribution in [0.1, 0.15) is 17.3 Å². The van der Waals surface area contributed by atoms with Crippen molar-refractivity contribution in [2.24, 2.45) is 5.84 Å². The monoisotopic (exact) mass is 309 g/mol. The van der Waals surface area contributed by atoms with Crippen LogP contribution in [-0.2, 0) is 6.42 Å². The van der Waals surface area contributed by atoms with E-state index in [-0.39, 0.29) is 11.9 Å². The van der Waals surface area contributed by atoms with Gasteiger partial charge in [0.25, 0.3) is 0 Å². The third-order valence-corrected chi connectivity index (χ3v) is 3.34. The molecule has 3 N–H and O–H groups in total. The van der Waals surface area contributed by atoms with Gasteiger partial charge < -0.3 is 0 Å². The van der Waals surface area contributed by atoms with Gasteiger partial charge in [-0.2, -0.15) is 0 Å². The Morgan fingerprint density at radius 1 is 1.28 bits per heavy atom. The number of pyridine rings is 1. The van der Waals surface area contributed by atoms with E-state index in [0.29, 0.717) is 6.42 Å². The van der Waals surface area contributed by atoms with Gasteiger partial charge in [0.05, 0.1) is 11.7 Å². The smallest absolute Gasteiger partial charge is 0.123 e. The van der Waals surface area contributed by atoms with Crippen LogP contribution in [0.15, 0.2) is 47.1 Å². The Balaban J connectivity index is 2.20. The van der Waals surface area contributed by atoms with E-state index in [2.05, 4.69) is 26.3 Å². The maximum absolute atomic E-state index is 12.8. The maximum Gasteiger partial charge on any atom is 0.123 e. The van der Waals surface area contributed by atoms with Crippen molar-refractivity contribution in [3.05, 3.63) is 64.1 Å². The van der Waals surface area contributed by atoms with E-state index in [0.717, 1.165) is 15.7 Å². The van der Waals surface area contributed by atoms with Gasteiger partial charge in [-0.1, -0.05) is 12.1 Å². The van der Waals surface area contributed by atoms with Crippen LogP contribution in [0.5, 0.6) is 0 Å². The first kappa shape index (κ1) is 13.1. The highest BCUT2D eigenvalue weighted by atomic mass is 79.9. The summed E-state index contributed by atoms with van der Waals surface area (Å²) >= 11 is 3.44. The lowest BCUT2D eigenvalue weighted by atomic mass is 10.0. The fourth-order valence-electron chi connectivity index (χ4n) is 1.75. The summed E-state index contributed by atoms with van der Waals surface area (Å²) in [6, 6.07) is 10.0. The second-order valence-electron chi connectivity index (χ2n) is 3.92. The van der Waals surface area contributed by atoms with E-state index in [1.807, 2.05) is 12.1 Å². The molecule has 0 saturated carbocycles. The summed E-state index contributed by atoms with van der Waals surface area (Å²) in [5.41, 5.74) is 4.57. The lowest BCUT2D eigenvalue weighted by molar-refractivity contribution is 0.535. The largest absolute Gasteiger partial charge is 0.271 e. The van der Waals surface area contributed by atoms with Crippen LogP contribution in [0, 0.1) is 5.82 Å². The Morgan fingerprint density at radius 2 is 2.00 bits per heavy atom. The molecule has 0 aliphatic carbocycles. The van der Waals surface area contributed by atoms with Crippen LogP contribution in [0.4, 0.5) is 4.39 Å². The number of rotatable bonds is 4. The number of benzene rings is 1. The van der Waals surface area contributed by atoms with E-state index < -0.39 is 0 Å². The van der Waals surface area contributed by atoms with Crippen molar-refractivity contribution >= 4 is 15.9 Å². The van der Waals surface area contributed by atoms with E-state index in [1.54, 1.807) is 18.3 Å².